The van der Waals surface area contributed by atoms with Crippen molar-refractivity contribution in [2.75, 3.05) is 19.6 Å². The first-order chi connectivity index (χ1) is 6.40. The fourth-order valence-corrected chi connectivity index (χ4v) is 1.73. The molecule has 1 aliphatic rings. The number of nitrogens with zero attached hydrogens (tertiary/aromatic N) is 3. The molecule has 0 aromatic carbocycles. The fourth-order valence-electron chi connectivity index (χ4n) is 1.73. The second kappa shape index (κ2) is 3.89. The topological polar surface area (TPSA) is 47.1 Å². The Hall–Kier alpha value is -0.870. The number of rotatable bonds is 3. The second-order valence-electron chi connectivity index (χ2n) is 3.46. The van der Waals surface area contributed by atoms with E-state index in [-0.39, 0.29) is 0 Å². The van der Waals surface area contributed by atoms with Crippen LogP contribution in [0, 0.1) is 0 Å². The first-order valence-electron chi connectivity index (χ1n) is 4.82. The van der Waals surface area contributed by atoms with E-state index in [1.54, 1.807) is 0 Å². The van der Waals surface area contributed by atoms with Gasteiger partial charge in [-0.1, -0.05) is 0 Å². The van der Waals surface area contributed by atoms with E-state index >= 15 is 0 Å². The Morgan fingerprint density at radius 1 is 1.46 bits per heavy atom. The first kappa shape index (κ1) is 8.72. The molecule has 4 nitrogen and oxygen atoms in total. The summed E-state index contributed by atoms with van der Waals surface area (Å²) in [5.41, 5.74) is 5.47. The minimum absolute atomic E-state index is 0.783. The summed E-state index contributed by atoms with van der Waals surface area (Å²) in [6, 6.07) is 0. The van der Waals surface area contributed by atoms with Crippen molar-refractivity contribution in [3.8, 4) is 0 Å². The van der Waals surface area contributed by atoms with E-state index in [1.165, 1.54) is 5.82 Å². The van der Waals surface area contributed by atoms with E-state index in [0.717, 1.165) is 39.1 Å². The largest absolute Gasteiger partial charge is 0.333 e. The van der Waals surface area contributed by atoms with Crippen LogP contribution in [0.2, 0.25) is 0 Å². The Balaban J connectivity index is 1.93. The van der Waals surface area contributed by atoms with Crippen molar-refractivity contribution in [1.29, 1.82) is 0 Å². The van der Waals surface area contributed by atoms with Crippen LogP contribution in [0.4, 0.5) is 0 Å². The van der Waals surface area contributed by atoms with Crippen molar-refractivity contribution in [2.45, 2.75) is 19.5 Å². The Morgan fingerprint density at radius 2 is 2.38 bits per heavy atom. The van der Waals surface area contributed by atoms with Gasteiger partial charge in [0.1, 0.15) is 5.82 Å². The third-order valence-electron chi connectivity index (χ3n) is 2.50. The zero-order valence-corrected chi connectivity index (χ0v) is 7.82. The summed E-state index contributed by atoms with van der Waals surface area (Å²) in [5.74, 6) is 1.18. The lowest BCUT2D eigenvalue weighted by Gasteiger charge is -2.27. The SMILES string of the molecule is NCCCN1CCn2ccnc2C1. The molecule has 0 atom stereocenters. The summed E-state index contributed by atoms with van der Waals surface area (Å²) < 4.78 is 2.22. The molecule has 0 unspecified atom stereocenters. The van der Waals surface area contributed by atoms with Crippen LogP contribution in [-0.4, -0.2) is 34.1 Å². The average Bonchev–Trinajstić information content (AvgIpc) is 2.61. The Morgan fingerprint density at radius 3 is 3.23 bits per heavy atom. The molecule has 0 bridgehead atoms. The molecule has 0 amide bonds. The third-order valence-corrected chi connectivity index (χ3v) is 2.50. The van der Waals surface area contributed by atoms with Gasteiger partial charge >= 0.3 is 0 Å². The highest BCUT2D eigenvalue weighted by Gasteiger charge is 2.15. The van der Waals surface area contributed by atoms with Gasteiger partial charge in [0.25, 0.3) is 0 Å². The van der Waals surface area contributed by atoms with Gasteiger partial charge in [0.15, 0.2) is 0 Å². The maximum atomic E-state index is 5.47. The van der Waals surface area contributed by atoms with Gasteiger partial charge in [-0.05, 0) is 19.5 Å². The van der Waals surface area contributed by atoms with Crippen molar-refractivity contribution in [1.82, 2.24) is 14.5 Å². The number of hydrogen-bond acceptors (Lipinski definition) is 3. The van der Waals surface area contributed by atoms with Crippen LogP contribution in [0.25, 0.3) is 0 Å². The number of aromatic nitrogens is 2. The van der Waals surface area contributed by atoms with Crippen LogP contribution >= 0.6 is 0 Å². The quantitative estimate of drug-likeness (QED) is 0.715. The predicted molar refractivity (Wildman–Crippen MR) is 51.2 cm³/mol. The maximum Gasteiger partial charge on any atom is 0.122 e. The monoisotopic (exact) mass is 180 g/mol. The second-order valence-corrected chi connectivity index (χ2v) is 3.46. The van der Waals surface area contributed by atoms with E-state index in [4.69, 9.17) is 5.73 Å². The molecule has 2 heterocycles. The third kappa shape index (κ3) is 1.89. The number of imidazole rings is 1. The zero-order valence-electron chi connectivity index (χ0n) is 7.82. The van der Waals surface area contributed by atoms with Gasteiger partial charge in [-0.15, -0.1) is 0 Å². The number of hydrogen-bond donors (Lipinski definition) is 1. The van der Waals surface area contributed by atoms with Crippen LogP contribution in [-0.2, 0) is 13.1 Å². The zero-order chi connectivity index (χ0) is 9.10. The van der Waals surface area contributed by atoms with Gasteiger partial charge in [0.2, 0.25) is 0 Å². The van der Waals surface area contributed by atoms with Gasteiger partial charge in [0.05, 0.1) is 6.54 Å². The van der Waals surface area contributed by atoms with Crippen molar-refractivity contribution in [3.05, 3.63) is 18.2 Å². The molecule has 2 N–H and O–H groups in total. The lowest BCUT2D eigenvalue weighted by atomic mass is 10.3. The number of nitrogens with two attached hydrogens (primary N) is 1. The van der Waals surface area contributed by atoms with Gasteiger partial charge < -0.3 is 10.3 Å². The predicted octanol–water partition coefficient (Wildman–Crippen LogP) is 0.0475. The molecule has 0 saturated carbocycles. The van der Waals surface area contributed by atoms with E-state index in [0.29, 0.717) is 0 Å². The molecule has 1 aromatic heterocycles. The molecule has 0 saturated heterocycles. The van der Waals surface area contributed by atoms with Crippen LogP contribution in [0.5, 0.6) is 0 Å². The van der Waals surface area contributed by atoms with Crippen molar-refractivity contribution in [3.63, 3.8) is 0 Å². The molecule has 0 radical (unpaired) electrons. The average molecular weight is 180 g/mol. The molecule has 2 rings (SSSR count). The summed E-state index contributed by atoms with van der Waals surface area (Å²) in [5, 5.41) is 0. The molecular weight excluding hydrogens is 164 g/mol. The molecule has 1 aromatic rings. The van der Waals surface area contributed by atoms with Gasteiger partial charge in [-0.25, -0.2) is 4.98 Å². The normalized spacial score (nSPS) is 17.3. The van der Waals surface area contributed by atoms with Crippen LogP contribution in [0.3, 0.4) is 0 Å². The van der Waals surface area contributed by atoms with Crippen molar-refractivity contribution >= 4 is 0 Å². The molecule has 0 fully saturated rings. The van der Waals surface area contributed by atoms with Crippen LogP contribution in [0.1, 0.15) is 12.2 Å². The smallest absolute Gasteiger partial charge is 0.122 e. The highest BCUT2D eigenvalue weighted by atomic mass is 15.2. The molecule has 4 heteroatoms. The van der Waals surface area contributed by atoms with E-state index in [2.05, 4.69) is 20.6 Å². The lowest BCUT2D eigenvalue weighted by Crippen LogP contribution is -2.34. The summed E-state index contributed by atoms with van der Waals surface area (Å²) in [6.45, 7) is 5.06. The van der Waals surface area contributed by atoms with E-state index < -0.39 is 0 Å². The number of fused-ring (bicyclic) bond motifs is 1. The van der Waals surface area contributed by atoms with Gasteiger partial charge in [-0.2, -0.15) is 0 Å². The van der Waals surface area contributed by atoms with Crippen molar-refractivity contribution < 1.29 is 0 Å². The summed E-state index contributed by atoms with van der Waals surface area (Å²) in [7, 11) is 0. The minimum Gasteiger partial charge on any atom is -0.333 e. The molecule has 0 spiro atoms. The highest BCUT2D eigenvalue weighted by molar-refractivity contribution is 4.95. The van der Waals surface area contributed by atoms with Crippen LogP contribution < -0.4 is 5.73 Å². The fraction of sp³-hybridized carbons (Fsp3) is 0.667. The van der Waals surface area contributed by atoms with Gasteiger partial charge in [-0.3, -0.25) is 4.90 Å². The molecule has 0 aliphatic carbocycles. The molecule has 13 heavy (non-hydrogen) atoms. The Bertz CT molecular complexity index is 268. The lowest BCUT2D eigenvalue weighted by molar-refractivity contribution is 0.216. The summed E-state index contributed by atoms with van der Waals surface area (Å²) >= 11 is 0. The van der Waals surface area contributed by atoms with Crippen LogP contribution in [0.15, 0.2) is 12.4 Å². The summed E-state index contributed by atoms with van der Waals surface area (Å²) in [6.07, 6.45) is 5.01. The van der Waals surface area contributed by atoms with Gasteiger partial charge in [0, 0.05) is 25.5 Å². The van der Waals surface area contributed by atoms with Crippen molar-refractivity contribution in [2.24, 2.45) is 5.73 Å². The van der Waals surface area contributed by atoms with E-state index in [1.807, 2.05) is 6.20 Å². The molecule has 1 aliphatic heterocycles. The minimum atomic E-state index is 0.783. The first-order valence-corrected chi connectivity index (χ1v) is 4.82. The maximum absolute atomic E-state index is 5.47. The Kier molecular flexibility index (Phi) is 2.61. The van der Waals surface area contributed by atoms with E-state index in [9.17, 15) is 0 Å². The highest BCUT2D eigenvalue weighted by Crippen LogP contribution is 2.09. The Labute approximate surface area is 78.4 Å². The summed E-state index contributed by atoms with van der Waals surface area (Å²) in [4.78, 5) is 6.72. The molecule has 72 valence electrons. The molecular formula is C9H16N4. The standard InChI is InChI=1S/C9H16N4/c10-2-1-4-12-6-7-13-5-3-11-9(13)8-12/h3,5H,1-2,4,6-8,10H2.